The van der Waals surface area contributed by atoms with Crippen LogP contribution in [-0.4, -0.2) is 60.2 Å². The van der Waals surface area contributed by atoms with E-state index in [1.54, 1.807) is 0 Å². The summed E-state index contributed by atoms with van der Waals surface area (Å²) >= 11 is -2.70. The second-order valence-electron chi connectivity index (χ2n) is 0.779. The zero-order chi connectivity index (χ0) is 5.86. The van der Waals surface area contributed by atoms with E-state index < -0.39 is 17.3 Å². The first-order valence-electron chi connectivity index (χ1n) is 1.41. The minimum Gasteiger partial charge on any atom is -1.00 e. The van der Waals surface area contributed by atoms with Crippen molar-refractivity contribution in [3.05, 3.63) is 0 Å². The largest absolute Gasteiger partial charge is 2.00 e. The standard InChI is InChI=1S/C2H4O4S.Sr.2H/c1-2(3)6-7(4)5;;;/h1H3,(H,4,5);;;/q;+2;2*-1/p-1. The molecular formula is C2H5O4SSr-. The van der Waals surface area contributed by atoms with Crippen molar-refractivity contribution in [3.8, 4) is 0 Å². The van der Waals surface area contributed by atoms with Gasteiger partial charge in [-0.3, -0.25) is 4.79 Å². The van der Waals surface area contributed by atoms with Gasteiger partial charge in [0.15, 0.2) is 0 Å². The van der Waals surface area contributed by atoms with Crippen LogP contribution in [0.25, 0.3) is 0 Å². The van der Waals surface area contributed by atoms with Crippen LogP contribution in [0.15, 0.2) is 0 Å². The maximum absolute atomic E-state index is 9.64. The molecule has 0 aliphatic carbocycles. The molecule has 8 heavy (non-hydrogen) atoms. The summed E-state index contributed by atoms with van der Waals surface area (Å²) in [7, 11) is 0. The fraction of sp³-hybridized carbons (Fsp3) is 0.500. The molecule has 1 unspecified atom stereocenters. The van der Waals surface area contributed by atoms with Crippen LogP contribution in [-0.2, 0) is 20.3 Å². The molecule has 1 atom stereocenters. The van der Waals surface area contributed by atoms with Gasteiger partial charge in [0.2, 0.25) is 0 Å². The van der Waals surface area contributed by atoms with Gasteiger partial charge in [-0.1, -0.05) is 0 Å². The number of carbonyl (C=O) groups is 1. The Morgan fingerprint density at radius 1 is 1.88 bits per heavy atom. The molecular weight excluding hydrogens is 208 g/mol. The van der Waals surface area contributed by atoms with E-state index in [-0.39, 0.29) is 48.3 Å². The molecule has 0 aromatic rings. The summed E-state index contributed by atoms with van der Waals surface area (Å²) in [6, 6.07) is 0. The van der Waals surface area contributed by atoms with Crippen molar-refractivity contribution < 1.29 is 20.6 Å². The molecule has 0 rings (SSSR count). The molecule has 0 aliphatic heterocycles. The quantitative estimate of drug-likeness (QED) is 0.421. The van der Waals surface area contributed by atoms with Crippen LogP contribution in [0.5, 0.6) is 0 Å². The fourth-order valence-electron chi connectivity index (χ4n) is 0.0958. The zero-order valence-electron chi connectivity index (χ0n) is 6.25. The van der Waals surface area contributed by atoms with E-state index >= 15 is 0 Å². The average molecular weight is 213 g/mol. The van der Waals surface area contributed by atoms with E-state index in [1.165, 1.54) is 0 Å². The Morgan fingerprint density at radius 3 is 2.25 bits per heavy atom. The van der Waals surface area contributed by atoms with Crippen LogP contribution >= 0.6 is 0 Å². The number of carbonyl (C=O) groups excluding carboxylic acids is 1. The summed E-state index contributed by atoms with van der Waals surface area (Å²) in [4.78, 5) is 9.64. The molecule has 4 nitrogen and oxygen atoms in total. The average Bonchev–Trinajstić information content (AvgIpc) is 1.27. The SMILES string of the molecule is CC(=O)OS(=O)[O-].[H-].[H-].[Sr+2]. The maximum atomic E-state index is 9.64. The molecule has 0 radical (unpaired) electrons. The Bertz CT molecular complexity index is 97.4. The Kier molecular flexibility index (Phi) is 9.13. The summed E-state index contributed by atoms with van der Waals surface area (Å²) in [5.41, 5.74) is 0. The van der Waals surface area contributed by atoms with Gasteiger partial charge in [0.25, 0.3) is 0 Å². The first kappa shape index (κ1) is 11.8. The Balaban J connectivity index is -0.0000000600. The first-order valence-corrected chi connectivity index (χ1v) is 2.41. The van der Waals surface area contributed by atoms with Gasteiger partial charge >= 0.3 is 51.5 Å². The molecule has 0 bridgehead atoms. The second-order valence-corrected chi connectivity index (χ2v) is 1.35. The molecule has 0 spiro atoms. The maximum Gasteiger partial charge on any atom is 2.00 e. The van der Waals surface area contributed by atoms with Crippen LogP contribution in [0.1, 0.15) is 9.78 Å². The zero-order valence-corrected chi connectivity index (χ0v) is 8.54. The van der Waals surface area contributed by atoms with Crippen molar-refractivity contribution in [3.63, 3.8) is 0 Å². The topological polar surface area (TPSA) is 66.4 Å². The van der Waals surface area contributed by atoms with Crippen molar-refractivity contribution in [2.75, 3.05) is 0 Å². The smallest absolute Gasteiger partial charge is 1.00 e. The predicted octanol–water partition coefficient (Wildman–Crippen LogP) is -0.812. The van der Waals surface area contributed by atoms with Crippen molar-refractivity contribution >= 4 is 62.8 Å². The molecule has 0 saturated carbocycles. The van der Waals surface area contributed by atoms with Crippen LogP contribution < -0.4 is 0 Å². The summed E-state index contributed by atoms with van der Waals surface area (Å²) in [5, 5.41) is 0. The molecule has 6 heteroatoms. The molecule has 0 saturated heterocycles. The monoisotopic (exact) mass is 213 g/mol. The van der Waals surface area contributed by atoms with Crippen LogP contribution in [0.3, 0.4) is 0 Å². The van der Waals surface area contributed by atoms with Gasteiger partial charge in [0.1, 0.15) is 11.4 Å². The minimum atomic E-state index is -2.70. The van der Waals surface area contributed by atoms with E-state index in [0.29, 0.717) is 0 Å². The van der Waals surface area contributed by atoms with Gasteiger partial charge < -0.3 is 11.6 Å². The summed E-state index contributed by atoms with van der Waals surface area (Å²) in [6.07, 6.45) is 0. The Hall–Kier alpha value is 1.06. The van der Waals surface area contributed by atoms with Crippen molar-refractivity contribution in [1.82, 2.24) is 0 Å². The molecule has 0 amide bonds. The molecule has 0 N–H and O–H groups in total. The molecule has 46 valence electrons. The van der Waals surface area contributed by atoms with Gasteiger partial charge in [-0.15, -0.1) is 0 Å². The van der Waals surface area contributed by atoms with Gasteiger partial charge in [-0.05, 0) is 0 Å². The summed E-state index contributed by atoms with van der Waals surface area (Å²) < 4.78 is 22.3. The Morgan fingerprint density at radius 2 is 2.25 bits per heavy atom. The van der Waals surface area contributed by atoms with Gasteiger partial charge in [-0.25, -0.2) is 4.21 Å². The molecule has 0 fully saturated rings. The number of rotatable bonds is 1. The van der Waals surface area contributed by atoms with E-state index in [4.69, 9.17) is 0 Å². The number of hydrogen-bond acceptors (Lipinski definition) is 4. The van der Waals surface area contributed by atoms with Gasteiger partial charge in [0, 0.05) is 6.92 Å². The second kappa shape index (κ2) is 6.18. The summed E-state index contributed by atoms with van der Waals surface area (Å²) in [6.45, 7) is 1.01. The third kappa shape index (κ3) is 10.1. The molecule has 0 aromatic heterocycles. The van der Waals surface area contributed by atoms with Crippen LogP contribution in [0.2, 0.25) is 0 Å². The predicted molar refractivity (Wildman–Crippen MR) is 28.7 cm³/mol. The third-order valence-corrected chi connectivity index (χ3v) is 0.556. The van der Waals surface area contributed by atoms with E-state index in [1.807, 2.05) is 0 Å². The van der Waals surface area contributed by atoms with E-state index in [0.717, 1.165) is 6.92 Å². The van der Waals surface area contributed by atoms with Crippen LogP contribution in [0.4, 0.5) is 0 Å². The summed E-state index contributed by atoms with van der Waals surface area (Å²) in [5.74, 6) is -0.826. The van der Waals surface area contributed by atoms with Crippen molar-refractivity contribution in [1.29, 1.82) is 0 Å². The van der Waals surface area contributed by atoms with Gasteiger partial charge in [-0.2, -0.15) is 0 Å². The molecule has 0 aliphatic rings. The van der Waals surface area contributed by atoms with Crippen molar-refractivity contribution in [2.24, 2.45) is 0 Å². The van der Waals surface area contributed by atoms with Crippen molar-refractivity contribution in [2.45, 2.75) is 6.92 Å². The Labute approximate surface area is 89.3 Å². The molecule has 0 heterocycles. The van der Waals surface area contributed by atoms with E-state index in [2.05, 4.69) is 4.18 Å². The first-order chi connectivity index (χ1) is 3.13. The van der Waals surface area contributed by atoms with E-state index in [9.17, 15) is 13.6 Å². The normalized spacial score (nSPS) is 11.2. The molecule has 0 aromatic carbocycles. The third-order valence-electron chi connectivity index (χ3n) is 0.185. The number of hydrogen-bond donors (Lipinski definition) is 0. The fourth-order valence-corrected chi connectivity index (χ4v) is 0.287. The minimum absolute atomic E-state index is 0. The van der Waals surface area contributed by atoms with Gasteiger partial charge in [0.05, 0.1) is 0 Å². The van der Waals surface area contributed by atoms with Crippen LogP contribution in [0, 0.1) is 0 Å².